The van der Waals surface area contributed by atoms with Crippen LogP contribution in [-0.2, 0) is 6.54 Å². The molecule has 84 valence electrons. The average molecular weight is 365 g/mol. The van der Waals surface area contributed by atoms with E-state index in [1.54, 1.807) is 23.6 Å². The van der Waals surface area contributed by atoms with Crippen LogP contribution in [-0.4, -0.2) is 15.6 Å². The van der Waals surface area contributed by atoms with Gasteiger partial charge in [0.25, 0.3) is 0 Å². The summed E-state index contributed by atoms with van der Waals surface area (Å²) in [6.07, 6.45) is 1.62. The van der Waals surface area contributed by atoms with Gasteiger partial charge in [0, 0.05) is 15.5 Å². The van der Waals surface area contributed by atoms with Crippen LogP contribution in [0.15, 0.2) is 32.8 Å². The molecule has 0 fully saturated rings. The highest BCUT2D eigenvalue weighted by molar-refractivity contribution is 9.10. The molecule has 6 heteroatoms. The van der Waals surface area contributed by atoms with Gasteiger partial charge < -0.3 is 9.67 Å². The molecule has 0 atom stereocenters. The lowest BCUT2D eigenvalue weighted by molar-refractivity contribution is 0.0697. The monoisotopic (exact) mass is 363 g/mol. The van der Waals surface area contributed by atoms with Gasteiger partial charge in [0.2, 0.25) is 0 Å². The fourth-order valence-electron chi connectivity index (χ4n) is 1.31. The fourth-order valence-corrected chi connectivity index (χ4v) is 3.26. The second kappa shape index (κ2) is 4.73. The molecule has 0 amide bonds. The predicted molar refractivity (Wildman–Crippen MR) is 70.2 cm³/mol. The number of carbonyl (C=O) groups is 1. The van der Waals surface area contributed by atoms with Crippen molar-refractivity contribution in [2.24, 2.45) is 0 Å². The fraction of sp³-hybridized carbons (Fsp3) is 0.100. The van der Waals surface area contributed by atoms with Crippen molar-refractivity contribution in [2.75, 3.05) is 0 Å². The quantitative estimate of drug-likeness (QED) is 0.899. The summed E-state index contributed by atoms with van der Waals surface area (Å²) in [7, 11) is 0. The van der Waals surface area contributed by atoms with Gasteiger partial charge >= 0.3 is 5.97 Å². The molecule has 2 aromatic rings. The highest BCUT2D eigenvalue weighted by Gasteiger charge is 2.11. The summed E-state index contributed by atoms with van der Waals surface area (Å²) in [5, 5.41) is 10.9. The first kappa shape index (κ1) is 11.9. The molecule has 2 rings (SSSR count). The second-order valence-electron chi connectivity index (χ2n) is 3.18. The number of aromatic carboxylic acids is 1. The van der Waals surface area contributed by atoms with E-state index in [1.807, 2.05) is 16.0 Å². The highest BCUT2D eigenvalue weighted by atomic mass is 79.9. The van der Waals surface area contributed by atoms with E-state index < -0.39 is 5.97 Å². The molecule has 0 bridgehead atoms. The van der Waals surface area contributed by atoms with Gasteiger partial charge in [0.1, 0.15) is 0 Å². The summed E-state index contributed by atoms with van der Waals surface area (Å²) in [6, 6.07) is 3.58. The number of halogens is 2. The Morgan fingerprint density at radius 3 is 2.75 bits per heavy atom. The molecule has 16 heavy (non-hydrogen) atoms. The van der Waals surface area contributed by atoms with E-state index in [4.69, 9.17) is 5.11 Å². The zero-order valence-electron chi connectivity index (χ0n) is 7.98. The molecular weight excluding hydrogens is 358 g/mol. The molecule has 0 aromatic carbocycles. The molecule has 1 N–H and O–H groups in total. The molecule has 0 saturated carbocycles. The first-order valence-electron chi connectivity index (χ1n) is 4.39. The van der Waals surface area contributed by atoms with Crippen LogP contribution in [0.5, 0.6) is 0 Å². The number of thiophene rings is 1. The van der Waals surface area contributed by atoms with Crippen LogP contribution in [0.3, 0.4) is 0 Å². The number of carboxylic acid groups (broad SMARTS) is 1. The van der Waals surface area contributed by atoms with Gasteiger partial charge in [-0.1, -0.05) is 0 Å². The minimum Gasteiger partial charge on any atom is -0.478 e. The van der Waals surface area contributed by atoms with Crippen molar-refractivity contribution in [3.63, 3.8) is 0 Å². The molecule has 0 saturated heterocycles. The van der Waals surface area contributed by atoms with Crippen LogP contribution >= 0.6 is 43.2 Å². The zero-order valence-corrected chi connectivity index (χ0v) is 12.0. The molecule has 0 radical (unpaired) electrons. The number of hydrogen-bond acceptors (Lipinski definition) is 2. The predicted octanol–water partition coefficient (Wildman–Crippen LogP) is 3.82. The van der Waals surface area contributed by atoms with E-state index in [0.29, 0.717) is 12.1 Å². The van der Waals surface area contributed by atoms with Crippen molar-refractivity contribution in [1.82, 2.24) is 4.57 Å². The molecule has 3 nitrogen and oxygen atoms in total. The summed E-state index contributed by atoms with van der Waals surface area (Å²) < 4.78 is 3.68. The van der Waals surface area contributed by atoms with E-state index in [-0.39, 0.29) is 0 Å². The van der Waals surface area contributed by atoms with Crippen molar-refractivity contribution >= 4 is 49.2 Å². The van der Waals surface area contributed by atoms with Crippen molar-refractivity contribution in [3.05, 3.63) is 43.2 Å². The van der Waals surface area contributed by atoms with Crippen LogP contribution in [0.4, 0.5) is 0 Å². The Labute approximate surface area is 113 Å². The standard InChI is InChI=1S/C10H7Br2NO2S/c11-7-1-2-16-8(7)5-13-4-6(10(14)15)3-9(13)12/h1-4H,5H2,(H,14,15). The van der Waals surface area contributed by atoms with E-state index in [0.717, 1.165) is 14.0 Å². The third kappa shape index (κ3) is 2.39. The lowest BCUT2D eigenvalue weighted by Crippen LogP contribution is -1.98. The lowest BCUT2D eigenvalue weighted by Gasteiger charge is -2.02. The van der Waals surface area contributed by atoms with Gasteiger partial charge in [-0.2, -0.15) is 0 Å². The lowest BCUT2D eigenvalue weighted by atomic mass is 10.3. The Bertz CT molecular complexity index is 533. The Morgan fingerprint density at radius 1 is 1.50 bits per heavy atom. The summed E-state index contributed by atoms with van der Waals surface area (Å²) in [5.41, 5.74) is 0.291. The van der Waals surface area contributed by atoms with Gasteiger partial charge in [-0.3, -0.25) is 0 Å². The van der Waals surface area contributed by atoms with E-state index in [9.17, 15) is 4.79 Å². The maximum Gasteiger partial charge on any atom is 0.337 e. The van der Waals surface area contributed by atoms with Crippen molar-refractivity contribution in [2.45, 2.75) is 6.54 Å². The highest BCUT2D eigenvalue weighted by Crippen LogP contribution is 2.25. The number of nitrogens with zero attached hydrogens (tertiary/aromatic N) is 1. The summed E-state index contributed by atoms with van der Waals surface area (Å²) >= 11 is 8.43. The maximum atomic E-state index is 10.8. The van der Waals surface area contributed by atoms with Crippen LogP contribution in [0.25, 0.3) is 0 Å². The maximum absolute atomic E-state index is 10.8. The van der Waals surface area contributed by atoms with Crippen LogP contribution in [0.2, 0.25) is 0 Å². The third-order valence-electron chi connectivity index (χ3n) is 2.10. The molecular formula is C10H7Br2NO2S. The molecule has 2 heterocycles. The Morgan fingerprint density at radius 2 is 2.25 bits per heavy atom. The number of carboxylic acids is 1. The Kier molecular flexibility index (Phi) is 3.51. The first-order valence-corrected chi connectivity index (χ1v) is 6.85. The van der Waals surface area contributed by atoms with Gasteiger partial charge in [-0.15, -0.1) is 11.3 Å². The van der Waals surface area contributed by atoms with Crippen molar-refractivity contribution in [3.8, 4) is 0 Å². The largest absolute Gasteiger partial charge is 0.478 e. The average Bonchev–Trinajstić information content (AvgIpc) is 2.76. The Hall–Kier alpha value is -0.590. The molecule has 0 aliphatic rings. The van der Waals surface area contributed by atoms with E-state index in [1.165, 1.54) is 0 Å². The zero-order chi connectivity index (χ0) is 11.7. The number of rotatable bonds is 3. The normalized spacial score (nSPS) is 10.6. The number of aromatic nitrogens is 1. The summed E-state index contributed by atoms with van der Waals surface area (Å²) in [5.74, 6) is -0.912. The molecule has 0 aliphatic carbocycles. The minimum atomic E-state index is -0.912. The third-order valence-corrected chi connectivity index (χ3v) is 4.69. The first-order chi connectivity index (χ1) is 7.58. The number of hydrogen-bond donors (Lipinski definition) is 1. The van der Waals surface area contributed by atoms with E-state index in [2.05, 4.69) is 31.9 Å². The van der Waals surface area contributed by atoms with Gasteiger partial charge in [0.15, 0.2) is 0 Å². The topological polar surface area (TPSA) is 42.2 Å². The van der Waals surface area contributed by atoms with E-state index >= 15 is 0 Å². The molecule has 2 aromatic heterocycles. The Balaban J connectivity index is 2.28. The van der Waals surface area contributed by atoms with Crippen LogP contribution < -0.4 is 0 Å². The van der Waals surface area contributed by atoms with Gasteiger partial charge in [-0.25, -0.2) is 4.79 Å². The molecule has 0 unspecified atom stereocenters. The van der Waals surface area contributed by atoms with Crippen molar-refractivity contribution < 1.29 is 9.90 Å². The van der Waals surface area contributed by atoms with Crippen LogP contribution in [0, 0.1) is 0 Å². The van der Waals surface area contributed by atoms with Crippen molar-refractivity contribution in [1.29, 1.82) is 0 Å². The van der Waals surface area contributed by atoms with Gasteiger partial charge in [0.05, 0.1) is 16.7 Å². The molecule has 0 aliphatic heterocycles. The minimum absolute atomic E-state index is 0.291. The summed E-state index contributed by atoms with van der Waals surface area (Å²) in [6.45, 7) is 0.659. The smallest absolute Gasteiger partial charge is 0.337 e. The SMILES string of the molecule is O=C(O)c1cc(Br)n(Cc2sccc2Br)c1. The second-order valence-corrected chi connectivity index (χ2v) is 5.84. The molecule has 0 spiro atoms. The van der Waals surface area contributed by atoms with Crippen LogP contribution in [0.1, 0.15) is 15.2 Å². The summed E-state index contributed by atoms with van der Waals surface area (Å²) in [4.78, 5) is 12.0. The van der Waals surface area contributed by atoms with Gasteiger partial charge in [-0.05, 0) is 49.4 Å².